The molecule has 0 unspecified atom stereocenters. The first-order valence-electron chi connectivity index (χ1n) is 19.8. The summed E-state index contributed by atoms with van der Waals surface area (Å²) in [5.41, 5.74) is 17.2. The molecule has 0 radical (unpaired) electrons. The Bertz CT molecular complexity index is 3090. The van der Waals surface area contributed by atoms with E-state index in [0.717, 1.165) is 22.7 Å². The number of hydrogen-bond donors (Lipinski definition) is 0. The first-order valence-corrected chi connectivity index (χ1v) is 19.8. The molecule has 0 atom stereocenters. The Morgan fingerprint density at radius 1 is 0.368 bits per heavy atom. The van der Waals surface area contributed by atoms with E-state index in [1.165, 1.54) is 77.1 Å². The molecule has 0 amide bonds. The van der Waals surface area contributed by atoms with Crippen molar-refractivity contribution in [1.29, 1.82) is 0 Å². The molecule has 11 rings (SSSR count). The second kappa shape index (κ2) is 13.0. The summed E-state index contributed by atoms with van der Waals surface area (Å²) < 4.78 is 2.46. The largest absolute Gasteiger partial charge is 0.310 e. The van der Waals surface area contributed by atoms with E-state index in [1.54, 1.807) is 0 Å². The van der Waals surface area contributed by atoms with Gasteiger partial charge in [-0.05, 0) is 116 Å². The van der Waals surface area contributed by atoms with Crippen molar-refractivity contribution in [3.63, 3.8) is 0 Å². The van der Waals surface area contributed by atoms with Crippen molar-refractivity contribution in [2.75, 3.05) is 4.90 Å². The van der Waals surface area contributed by atoms with E-state index in [-0.39, 0.29) is 5.41 Å². The first-order chi connectivity index (χ1) is 28.0. The molecular weight excluding hydrogens is 689 g/mol. The number of aromatic nitrogens is 1. The quantitative estimate of drug-likeness (QED) is 0.165. The molecule has 2 nitrogen and oxygen atoms in total. The minimum atomic E-state index is -0.0439. The highest BCUT2D eigenvalue weighted by Crippen LogP contribution is 2.49. The lowest BCUT2D eigenvalue weighted by molar-refractivity contribution is 0.660. The van der Waals surface area contributed by atoms with Gasteiger partial charge >= 0.3 is 0 Å². The Morgan fingerprint density at radius 2 is 0.947 bits per heavy atom. The predicted molar refractivity (Wildman–Crippen MR) is 241 cm³/mol. The normalized spacial score (nSPS) is 12.9. The highest BCUT2D eigenvalue weighted by molar-refractivity contribution is 6.12. The van der Waals surface area contributed by atoms with Crippen molar-refractivity contribution in [2.24, 2.45) is 0 Å². The lowest BCUT2D eigenvalue weighted by atomic mass is 9.81. The highest BCUT2D eigenvalue weighted by Gasteiger charge is 2.35. The zero-order chi connectivity index (χ0) is 38.1. The molecule has 1 heterocycles. The second-order valence-electron chi connectivity index (χ2n) is 15.8. The van der Waals surface area contributed by atoms with Gasteiger partial charge in [0.25, 0.3) is 0 Å². The van der Waals surface area contributed by atoms with Gasteiger partial charge in [0.1, 0.15) is 0 Å². The van der Waals surface area contributed by atoms with E-state index in [4.69, 9.17) is 0 Å². The maximum absolute atomic E-state index is 2.46. The average Bonchev–Trinajstić information content (AvgIpc) is 3.71. The van der Waals surface area contributed by atoms with Crippen molar-refractivity contribution >= 4 is 49.6 Å². The zero-order valence-corrected chi connectivity index (χ0v) is 32.0. The molecule has 270 valence electrons. The lowest BCUT2D eigenvalue weighted by Gasteiger charge is -2.25. The van der Waals surface area contributed by atoms with E-state index in [1.807, 2.05) is 0 Å². The van der Waals surface area contributed by atoms with Gasteiger partial charge in [-0.1, -0.05) is 159 Å². The van der Waals surface area contributed by atoms with Crippen LogP contribution in [0.25, 0.3) is 71.6 Å². The average molecular weight is 729 g/mol. The van der Waals surface area contributed by atoms with Gasteiger partial charge in [0.05, 0.1) is 11.0 Å². The lowest BCUT2D eigenvalue weighted by Crippen LogP contribution is -2.14. The van der Waals surface area contributed by atoms with Crippen LogP contribution in [0, 0.1) is 0 Å². The smallest absolute Gasteiger partial charge is 0.0561 e. The van der Waals surface area contributed by atoms with Crippen LogP contribution in [-0.2, 0) is 5.41 Å². The fourth-order valence-electron chi connectivity index (χ4n) is 9.36. The van der Waals surface area contributed by atoms with Gasteiger partial charge in [-0.15, -0.1) is 0 Å². The molecule has 1 aliphatic rings. The Morgan fingerprint density at radius 3 is 1.72 bits per heavy atom. The number of hydrogen-bond acceptors (Lipinski definition) is 1. The molecule has 2 heteroatoms. The minimum Gasteiger partial charge on any atom is -0.310 e. The molecular formula is C55H40N2. The van der Waals surface area contributed by atoms with Crippen molar-refractivity contribution in [2.45, 2.75) is 19.3 Å². The maximum atomic E-state index is 2.46. The molecule has 10 aromatic rings. The number of nitrogens with zero attached hydrogens (tertiary/aromatic N) is 2. The van der Waals surface area contributed by atoms with Crippen LogP contribution >= 0.6 is 0 Å². The molecule has 0 saturated heterocycles. The number of benzene rings is 9. The van der Waals surface area contributed by atoms with Crippen molar-refractivity contribution in [3.8, 4) is 39.1 Å². The van der Waals surface area contributed by atoms with Crippen LogP contribution in [0.5, 0.6) is 0 Å². The maximum Gasteiger partial charge on any atom is 0.0561 e. The summed E-state index contributed by atoms with van der Waals surface area (Å²) in [4.78, 5) is 2.35. The van der Waals surface area contributed by atoms with E-state index < -0.39 is 0 Å². The topological polar surface area (TPSA) is 8.17 Å². The van der Waals surface area contributed by atoms with Gasteiger partial charge < -0.3 is 9.47 Å². The standard InChI is InChI=1S/C55H40N2/c1-55(2)51-23-12-11-21-47(51)48-31-26-39(34-52(48)55)37-24-28-43(29-25-37)57-53-35-40(46-22-13-15-38-14-9-10-20-45(38)46)27-32-49(53)50-33-30-44(36-54(50)57)56(41-16-5-3-6-17-41)42-18-7-4-8-19-42/h3-36H,1-2H3. The summed E-state index contributed by atoms with van der Waals surface area (Å²) in [6, 6.07) is 75.6. The van der Waals surface area contributed by atoms with Gasteiger partial charge in [0, 0.05) is 38.9 Å². The molecule has 0 fully saturated rings. The summed E-state index contributed by atoms with van der Waals surface area (Å²) in [7, 11) is 0. The molecule has 0 spiro atoms. The summed E-state index contributed by atoms with van der Waals surface area (Å²) in [6.45, 7) is 4.70. The Labute approximate surface area is 333 Å². The van der Waals surface area contributed by atoms with Crippen LogP contribution in [0.2, 0.25) is 0 Å². The Kier molecular flexibility index (Phi) is 7.55. The van der Waals surface area contributed by atoms with Gasteiger partial charge in [-0.2, -0.15) is 0 Å². The van der Waals surface area contributed by atoms with Gasteiger partial charge in [0.2, 0.25) is 0 Å². The number of fused-ring (bicyclic) bond motifs is 7. The number of rotatable bonds is 6. The molecule has 0 N–H and O–H groups in total. The summed E-state index contributed by atoms with van der Waals surface area (Å²) in [5, 5.41) is 4.96. The summed E-state index contributed by atoms with van der Waals surface area (Å²) >= 11 is 0. The molecule has 9 aromatic carbocycles. The minimum absolute atomic E-state index is 0.0439. The van der Waals surface area contributed by atoms with E-state index in [0.29, 0.717) is 0 Å². The van der Waals surface area contributed by atoms with Crippen molar-refractivity contribution in [3.05, 3.63) is 217 Å². The van der Waals surface area contributed by atoms with Gasteiger partial charge in [0.15, 0.2) is 0 Å². The summed E-state index contributed by atoms with van der Waals surface area (Å²) in [6.07, 6.45) is 0. The number of anilines is 3. The molecule has 57 heavy (non-hydrogen) atoms. The predicted octanol–water partition coefficient (Wildman–Crippen LogP) is 15.0. The third-order valence-corrected chi connectivity index (χ3v) is 12.2. The third kappa shape index (κ3) is 5.33. The van der Waals surface area contributed by atoms with Crippen LogP contribution in [0.3, 0.4) is 0 Å². The molecule has 0 saturated carbocycles. The molecule has 0 bridgehead atoms. The van der Waals surface area contributed by atoms with Crippen LogP contribution in [0.1, 0.15) is 25.0 Å². The fraction of sp³-hybridized carbons (Fsp3) is 0.0545. The van der Waals surface area contributed by atoms with E-state index >= 15 is 0 Å². The highest BCUT2D eigenvalue weighted by atomic mass is 15.1. The number of para-hydroxylation sites is 2. The van der Waals surface area contributed by atoms with Crippen molar-refractivity contribution in [1.82, 2.24) is 4.57 Å². The third-order valence-electron chi connectivity index (χ3n) is 12.2. The second-order valence-corrected chi connectivity index (χ2v) is 15.8. The molecule has 0 aliphatic heterocycles. The van der Waals surface area contributed by atoms with Crippen LogP contribution in [0.4, 0.5) is 17.1 Å². The fourth-order valence-corrected chi connectivity index (χ4v) is 9.36. The molecule has 1 aliphatic carbocycles. The van der Waals surface area contributed by atoms with E-state index in [2.05, 4.69) is 230 Å². The monoisotopic (exact) mass is 728 g/mol. The Balaban J connectivity index is 1.10. The SMILES string of the molecule is CC1(C)c2ccccc2-c2ccc(-c3ccc(-n4c5cc(-c6cccc7ccccc67)ccc5c5ccc(N(c6ccccc6)c6ccccc6)cc54)cc3)cc21. The van der Waals surface area contributed by atoms with Gasteiger partial charge in [-0.3, -0.25) is 0 Å². The van der Waals surface area contributed by atoms with Crippen LogP contribution < -0.4 is 4.90 Å². The zero-order valence-electron chi connectivity index (χ0n) is 32.0. The van der Waals surface area contributed by atoms with Crippen LogP contribution in [-0.4, -0.2) is 4.57 Å². The molecule has 1 aromatic heterocycles. The van der Waals surface area contributed by atoms with E-state index in [9.17, 15) is 0 Å². The van der Waals surface area contributed by atoms with Crippen molar-refractivity contribution < 1.29 is 0 Å². The first kappa shape index (κ1) is 33.2. The van der Waals surface area contributed by atoms with Gasteiger partial charge in [-0.25, -0.2) is 0 Å². The Hall–Kier alpha value is -7.16. The van der Waals surface area contributed by atoms with Crippen LogP contribution in [0.15, 0.2) is 206 Å². The summed E-state index contributed by atoms with van der Waals surface area (Å²) in [5.74, 6) is 0.